The molecule has 3 atom stereocenters. The maximum absolute atomic E-state index is 11.7. The van der Waals surface area contributed by atoms with Crippen molar-refractivity contribution in [1.29, 1.82) is 0 Å². The van der Waals surface area contributed by atoms with Crippen LogP contribution in [0, 0.1) is 11.8 Å². The van der Waals surface area contributed by atoms with Gasteiger partial charge in [0.15, 0.2) is 11.9 Å². The van der Waals surface area contributed by atoms with Crippen LogP contribution in [0.2, 0.25) is 0 Å². The zero-order valence-electron chi connectivity index (χ0n) is 12.6. The van der Waals surface area contributed by atoms with E-state index in [1.165, 1.54) is 0 Å². The second kappa shape index (κ2) is 9.75. The molecule has 0 spiro atoms. The smallest absolute Gasteiger partial charge is 0.338 e. The summed E-state index contributed by atoms with van der Waals surface area (Å²) in [6.45, 7) is 6.36. The lowest BCUT2D eigenvalue weighted by Gasteiger charge is -2.20. The number of hydrogen-bond donors (Lipinski definition) is 3. The number of rotatable bonds is 8. The Kier molecular flexibility index (Phi) is 10.3. The van der Waals surface area contributed by atoms with Crippen molar-refractivity contribution in [3.8, 4) is 0 Å². The maximum atomic E-state index is 11.7. The lowest BCUT2D eigenvalue weighted by atomic mass is 9.89. The molecule has 3 N–H and O–H groups in total. The first-order valence-electron chi connectivity index (χ1n) is 6.40. The number of aliphatic hydroxyl groups excluding tert-OH is 2. The lowest BCUT2D eigenvalue weighted by Crippen LogP contribution is -2.42. The van der Waals surface area contributed by atoms with Crippen LogP contribution in [0.15, 0.2) is 0 Å². The predicted molar refractivity (Wildman–Crippen MR) is 79.2 cm³/mol. The number of aliphatic carboxylic acids is 1. The van der Waals surface area contributed by atoms with Crippen LogP contribution in [0.3, 0.4) is 0 Å². The summed E-state index contributed by atoms with van der Waals surface area (Å²) in [4.78, 5) is 34.0. The van der Waals surface area contributed by atoms with Crippen LogP contribution in [-0.4, -0.2) is 51.4 Å². The molecule has 0 fully saturated rings. The summed E-state index contributed by atoms with van der Waals surface area (Å²) in [6, 6.07) is 0. The molecule has 0 heterocycles. The molecule has 0 aliphatic heterocycles. The van der Waals surface area contributed by atoms with Gasteiger partial charge in [-0.3, -0.25) is 9.59 Å². The SMILES string of the molecule is CC(C)OC(=O)C(O)C(O)C(=O)CC(C(=O)O)C(C)C.S. The van der Waals surface area contributed by atoms with E-state index in [0.29, 0.717) is 0 Å². The normalized spacial score (nSPS) is 15.0. The maximum Gasteiger partial charge on any atom is 0.338 e. The van der Waals surface area contributed by atoms with Gasteiger partial charge in [0, 0.05) is 6.42 Å². The van der Waals surface area contributed by atoms with E-state index in [1.807, 2.05) is 0 Å². The van der Waals surface area contributed by atoms with Crippen molar-refractivity contribution in [3.05, 3.63) is 0 Å². The highest BCUT2D eigenvalue weighted by molar-refractivity contribution is 7.59. The quantitative estimate of drug-likeness (QED) is 0.541. The minimum absolute atomic E-state index is 0. The molecule has 0 aromatic rings. The van der Waals surface area contributed by atoms with Gasteiger partial charge in [-0.15, -0.1) is 0 Å². The number of carboxylic acids is 1. The highest BCUT2D eigenvalue weighted by Gasteiger charge is 2.35. The molecule has 124 valence electrons. The molecule has 21 heavy (non-hydrogen) atoms. The minimum atomic E-state index is -2.01. The van der Waals surface area contributed by atoms with E-state index in [2.05, 4.69) is 4.74 Å². The summed E-state index contributed by atoms with van der Waals surface area (Å²) in [6.07, 6.45) is -4.95. The van der Waals surface area contributed by atoms with Crippen molar-refractivity contribution in [2.24, 2.45) is 11.8 Å². The molecule has 0 saturated carbocycles. The third kappa shape index (κ3) is 7.45. The van der Waals surface area contributed by atoms with Crippen LogP contribution in [0.4, 0.5) is 0 Å². The molecule has 0 aliphatic rings. The molecule has 0 rings (SSSR count). The van der Waals surface area contributed by atoms with Crippen LogP contribution >= 0.6 is 13.5 Å². The minimum Gasteiger partial charge on any atom is -0.481 e. The molecular weight excluding hydrogens is 300 g/mol. The van der Waals surface area contributed by atoms with E-state index in [4.69, 9.17) is 5.11 Å². The Morgan fingerprint density at radius 3 is 1.81 bits per heavy atom. The van der Waals surface area contributed by atoms with Crippen molar-refractivity contribution < 1.29 is 34.4 Å². The van der Waals surface area contributed by atoms with Gasteiger partial charge < -0.3 is 20.1 Å². The number of ether oxygens (including phenoxy) is 1. The first-order chi connectivity index (χ1) is 9.07. The van der Waals surface area contributed by atoms with Crippen LogP contribution < -0.4 is 0 Å². The molecule has 0 aromatic heterocycles. The summed E-state index contributed by atoms with van der Waals surface area (Å²) in [7, 11) is 0. The Hall–Kier alpha value is -1.12. The Morgan fingerprint density at radius 1 is 1.00 bits per heavy atom. The number of Topliss-reactive ketones (excluding diaryl/α,β-unsaturated/α-hetero) is 1. The van der Waals surface area contributed by atoms with Crippen LogP contribution in [0.25, 0.3) is 0 Å². The molecular formula is C13H24O7S. The summed E-state index contributed by atoms with van der Waals surface area (Å²) >= 11 is 0. The summed E-state index contributed by atoms with van der Waals surface area (Å²) < 4.78 is 4.67. The van der Waals surface area contributed by atoms with E-state index in [-0.39, 0.29) is 19.4 Å². The first kappa shape index (κ1) is 22.2. The van der Waals surface area contributed by atoms with Crippen LogP contribution in [0.1, 0.15) is 34.1 Å². The van der Waals surface area contributed by atoms with Crippen molar-refractivity contribution in [2.75, 3.05) is 0 Å². The van der Waals surface area contributed by atoms with Gasteiger partial charge >= 0.3 is 11.9 Å². The Morgan fingerprint density at radius 2 is 1.48 bits per heavy atom. The second-order valence-electron chi connectivity index (χ2n) is 5.23. The standard InChI is InChI=1S/C13H22O7.H2S/c1-6(2)8(12(17)18)5-9(14)10(15)11(16)13(19)20-7(3)4;/h6-8,10-11,15-16H,5H2,1-4H3,(H,17,18);1H2. The van der Waals surface area contributed by atoms with Crippen LogP contribution in [-0.2, 0) is 19.1 Å². The Bertz CT molecular complexity index is 368. The Labute approximate surface area is 130 Å². The van der Waals surface area contributed by atoms with Gasteiger partial charge in [-0.2, -0.15) is 13.5 Å². The van der Waals surface area contributed by atoms with Crippen LogP contribution in [0.5, 0.6) is 0 Å². The number of hydrogen-bond acceptors (Lipinski definition) is 6. The zero-order valence-corrected chi connectivity index (χ0v) is 13.6. The largest absolute Gasteiger partial charge is 0.481 e. The highest BCUT2D eigenvalue weighted by atomic mass is 32.1. The number of esters is 1. The lowest BCUT2D eigenvalue weighted by molar-refractivity contribution is -0.167. The van der Waals surface area contributed by atoms with Gasteiger partial charge in [-0.1, -0.05) is 13.8 Å². The molecule has 0 aromatic carbocycles. The van der Waals surface area contributed by atoms with Crippen molar-refractivity contribution >= 4 is 31.2 Å². The number of carbonyl (C=O) groups excluding carboxylic acids is 2. The molecule has 0 radical (unpaired) electrons. The molecule has 0 bridgehead atoms. The Balaban J connectivity index is 0. The molecule has 0 amide bonds. The zero-order chi connectivity index (χ0) is 16.0. The molecule has 0 aliphatic carbocycles. The van der Waals surface area contributed by atoms with Gasteiger partial charge in [0.1, 0.15) is 6.10 Å². The van der Waals surface area contributed by atoms with Crippen molar-refractivity contribution in [2.45, 2.75) is 52.4 Å². The van der Waals surface area contributed by atoms with Gasteiger partial charge in [0.2, 0.25) is 0 Å². The summed E-state index contributed by atoms with van der Waals surface area (Å²) in [5, 5.41) is 28.0. The fourth-order valence-corrected chi connectivity index (χ4v) is 1.55. The number of aliphatic hydroxyl groups is 2. The fraction of sp³-hybridized carbons (Fsp3) is 0.769. The number of ketones is 1. The molecule has 3 unspecified atom stereocenters. The third-order valence-corrected chi connectivity index (χ3v) is 2.77. The van der Waals surface area contributed by atoms with Gasteiger partial charge in [-0.25, -0.2) is 4.79 Å². The van der Waals surface area contributed by atoms with Crippen molar-refractivity contribution in [3.63, 3.8) is 0 Å². The monoisotopic (exact) mass is 324 g/mol. The number of carbonyl (C=O) groups is 3. The first-order valence-corrected chi connectivity index (χ1v) is 6.40. The predicted octanol–water partition coefficient (Wildman–Crippen LogP) is 0.0886. The van der Waals surface area contributed by atoms with E-state index < -0.39 is 48.4 Å². The highest BCUT2D eigenvalue weighted by Crippen LogP contribution is 2.17. The number of carboxylic acid groups (broad SMARTS) is 1. The molecule has 0 saturated heterocycles. The fourth-order valence-electron chi connectivity index (χ4n) is 1.55. The topological polar surface area (TPSA) is 121 Å². The molecule has 8 heteroatoms. The van der Waals surface area contributed by atoms with E-state index in [9.17, 15) is 24.6 Å². The van der Waals surface area contributed by atoms with Gasteiger partial charge in [-0.05, 0) is 19.8 Å². The third-order valence-electron chi connectivity index (χ3n) is 2.77. The van der Waals surface area contributed by atoms with Gasteiger partial charge in [0.25, 0.3) is 0 Å². The average molecular weight is 324 g/mol. The second-order valence-corrected chi connectivity index (χ2v) is 5.23. The summed E-state index contributed by atoms with van der Waals surface area (Å²) in [5.41, 5.74) is 0. The van der Waals surface area contributed by atoms with Crippen molar-refractivity contribution in [1.82, 2.24) is 0 Å². The van der Waals surface area contributed by atoms with E-state index >= 15 is 0 Å². The molecule has 7 nitrogen and oxygen atoms in total. The van der Waals surface area contributed by atoms with E-state index in [1.54, 1.807) is 27.7 Å². The van der Waals surface area contributed by atoms with Gasteiger partial charge in [0.05, 0.1) is 12.0 Å². The van der Waals surface area contributed by atoms with E-state index in [0.717, 1.165) is 0 Å². The average Bonchev–Trinajstić information content (AvgIpc) is 2.31. The summed E-state index contributed by atoms with van der Waals surface area (Å²) in [5.74, 6) is -4.48.